The van der Waals surface area contributed by atoms with Crippen molar-refractivity contribution in [1.29, 1.82) is 0 Å². The Labute approximate surface area is 216 Å². The van der Waals surface area contributed by atoms with Crippen LogP contribution in [-0.2, 0) is 32.0 Å². The number of Topliss-reactive ketones (excluding diaryl/α,β-unsaturated/α-hetero) is 2. The second-order valence-electron chi connectivity index (χ2n) is 10.7. The van der Waals surface area contributed by atoms with Crippen LogP contribution in [0.5, 0.6) is 0 Å². The van der Waals surface area contributed by atoms with Gasteiger partial charge in [0.15, 0.2) is 0 Å². The minimum atomic E-state index is -1.27. The van der Waals surface area contributed by atoms with Crippen molar-refractivity contribution in [2.75, 3.05) is 18.6 Å². The van der Waals surface area contributed by atoms with E-state index in [1.54, 1.807) is 4.90 Å². The third-order valence-corrected chi connectivity index (χ3v) is 8.35. The molecule has 0 radical (unpaired) electrons. The van der Waals surface area contributed by atoms with Crippen LogP contribution in [0.15, 0.2) is 36.4 Å². The first-order valence-corrected chi connectivity index (χ1v) is 12.8. The fourth-order valence-electron chi connectivity index (χ4n) is 6.29. The number of carboxylic acids is 1. The lowest BCUT2D eigenvalue weighted by Crippen LogP contribution is -2.42. The number of hydrogen-bond acceptors (Lipinski definition) is 6. The number of carbonyl (C=O) groups is 4. The largest absolute Gasteiger partial charge is 0.480 e. The van der Waals surface area contributed by atoms with E-state index in [2.05, 4.69) is 23.5 Å². The highest BCUT2D eigenvalue weighted by atomic mass is 16.5. The van der Waals surface area contributed by atoms with Gasteiger partial charge in [0.2, 0.25) is 0 Å². The maximum atomic E-state index is 13.0. The van der Waals surface area contributed by atoms with E-state index in [1.165, 1.54) is 7.11 Å². The van der Waals surface area contributed by atoms with E-state index in [4.69, 9.17) is 4.74 Å². The molecule has 194 valence electrons. The van der Waals surface area contributed by atoms with E-state index >= 15 is 0 Å². The van der Waals surface area contributed by atoms with Gasteiger partial charge in [-0.3, -0.25) is 9.59 Å². The number of nitrogens with one attached hydrogen (secondary N) is 1. The van der Waals surface area contributed by atoms with Crippen molar-refractivity contribution in [3.63, 3.8) is 0 Å². The lowest BCUT2D eigenvalue weighted by molar-refractivity contribution is -0.139. The predicted molar refractivity (Wildman–Crippen MR) is 138 cm³/mol. The maximum Gasteiger partial charge on any atom is 0.407 e. The zero-order valence-corrected chi connectivity index (χ0v) is 21.4. The number of ether oxygens (including phenoxy) is 1. The summed E-state index contributed by atoms with van der Waals surface area (Å²) in [7, 11) is 1.32. The van der Waals surface area contributed by atoms with Gasteiger partial charge in [-0.15, -0.1) is 0 Å². The van der Waals surface area contributed by atoms with E-state index < -0.39 is 23.5 Å². The van der Waals surface area contributed by atoms with Gasteiger partial charge in [0.05, 0.1) is 7.11 Å². The Kier molecular flexibility index (Phi) is 6.30. The number of carboxylic acid groups (broad SMARTS) is 1. The summed E-state index contributed by atoms with van der Waals surface area (Å²) in [4.78, 5) is 52.4. The number of amides is 1. The number of anilines is 1. The highest BCUT2D eigenvalue weighted by Gasteiger charge is 2.58. The molecular weight excluding hydrogens is 472 g/mol. The Morgan fingerprint density at radius 2 is 1.81 bits per heavy atom. The molecule has 37 heavy (non-hydrogen) atoms. The monoisotopic (exact) mass is 504 g/mol. The number of rotatable bonds is 6. The van der Waals surface area contributed by atoms with Gasteiger partial charge in [-0.25, -0.2) is 9.59 Å². The van der Waals surface area contributed by atoms with Crippen molar-refractivity contribution >= 4 is 29.3 Å². The molecule has 2 N–H and O–H groups in total. The summed E-state index contributed by atoms with van der Waals surface area (Å²) in [5.41, 5.74) is 4.66. The lowest BCUT2D eigenvalue weighted by Gasteiger charge is -2.31. The van der Waals surface area contributed by atoms with Crippen LogP contribution < -0.4 is 10.2 Å². The molecule has 1 spiro atoms. The molecule has 2 fully saturated rings. The number of hydrogen-bond donors (Lipinski definition) is 2. The van der Waals surface area contributed by atoms with Crippen LogP contribution in [0.1, 0.15) is 49.8 Å². The number of benzene rings is 2. The predicted octanol–water partition coefficient (Wildman–Crippen LogP) is 3.76. The molecule has 2 aliphatic carbocycles. The third kappa shape index (κ3) is 4.08. The molecule has 1 amide bonds. The summed E-state index contributed by atoms with van der Waals surface area (Å²) < 4.78 is 4.84. The lowest BCUT2D eigenvalue weighted by atomic mass is 9.82. The van der Waals surface area contributed by atoms with Crippen molar-refractivity contribution in [3.8, 4) is 11.1 Å². The van der Waals surface area contributed by atoms with E-state index in [9.17, 15) is 24.3 Å². The molecule has 5 rings (SSSR count). The fourth-order valence-corrected chi connectivity index (χ4v) is 6.29. The van der Waals surface area contributed by atoms with Gasteiger partial charge in [0.1, 0.15) is 23.0 Å². The second kappa shape index (κ2) is 9.32. The first-order valence-electron chi connectivity index (χ1n) is 12.8. The van der Waals surface area contributed by atoms with Crippen molar-refractivity contribution in [1.82, 2.24) is 5.32 Å². The quantitative estimate of drug-likeness (QED) is 0.492. The Hall–Kier alpha value is -3.68. The smallest absolute Gasteiger partial charge is 0.407 e. The molecule has 0 unspecified atom stereocenters. The van der Waals surface area contributed by atoms with Gasteiger partial charge in [-0.05, 0) is 46.6 Å². The van der Waals surface area contributed by atoms with Crippen molar-refractivity contribution < 1.29 is 29.0 Å². The number of fused-ring (bicyclic) bond motifs is 3. The summed E-state index contributed by atoms with van der Waals surface area (Å²) >= 11 is 0. The number of aliphatic carboxylic acids is 1. The Bertz CT molecular complexity index is 1280. The van der Waals surface area contributed by atoms with Crippen LogP contribution in [0.25, 0.3) is 11.1 Å². The highest BCUT2D eigenvalue weighted by molar-refractivity contribution is 6.14. The first kappa shape index (κ1) is 25.0. The van der Waals surface area contributed by atoms with E-state index in [0.29, 0.717) is 12.8 Å². The Morgan fingerprint density at radius 1 is 1.11 bits per heavy atom. The van der Waals surface area contributed by atoms with Gasteiger partial charge in [-0.1, -0.05) is 50.2 Å². The SMILES string of the molecule is COC(=O)N[C@@H](Cc1ccc2c(c1N1CC3(C[C@H]1C(=O)O)C(=O)CCC3=O)Cc1ccccc1-2)C(C)C. The van der Waals surface area contributed by atoms with Crippen LogP contribution in [0.2, 0.25) is 0 Å². The Balaban J connectivity index is 1.65. The number of methoxy groups -OCH3 is 1. The van der Waals surface area contributed by atoms with Crippen LogP contribution in [0, 0.1) is 11.3 Å². The van der Waals surface area contributed by atoms with E-state index in [1.807, 2.05) is 32.0 Å². The number of ketones is 2. The first-order chi connectivity index (χ1) is 17.7. The van der Waals surface area contributed by atoms with Gasteiger partial charge >= 0.3 is 12.1 Å². The molecule has 2 atom stereocenters. The average Bonchev–Trinajstić information content (AvgIpc) is 3.53. The van der Waals surface area contributed by atoms with E-state index in [-0.39, 0.29) is 49.3 Å². The normalized spacial score (nSPS) is 20.3. The molecule has 8 heteroatoms. The third-order valence-electron chi connectivity index (χ3n) is 8.35. The fraction of sp³-hybridized carbons (Fsp3) is 0.448. The Morgan fingerprint density at radius 3 is 2.46 bits per heavy atom. The molecule has 8 nitrogen and oxygen atoms in total. The van der Waals surface area contributed by atoms with E-state index in [0.717, 1.165) is 33.5 Å². The molecular formula is C29H32N2O6. The van der Waals surface area contributed by atoms with Crippen molar-refractivity contribution in [3.05, 3.63) is 53.1 Å². The zero-order valence-electron chi connectivity index (χ0n) is 21.4. The van der Waals surface area contributed by atoms with Gasteiger partial charge < -0.3 is 20.1 Å². The standard InChI is InChI=1S/C29H32N2O6/c1-16(2)22(30-28(36)37-3)13-18-8-9-20-19-7-5-4-6-17(19)12-21(20)26(18)31-15-29(14-23(31)27(34)35)24(32)10-11-25(29)33/h4-9,16,22-23H,10-15H2,1-3H3,(H,30,36)(H,34,35)/t22-,23-/m0/s1. The summed E-state index contributed by atoms with van der Waals surface area (Å²) in [6, 6.07) is 10.9. The second-order valence-corrected chi connectivity index (χ2v) is 10.7. The topological polar surface area (TPSA) is 113 Å². The number of carbonyl (C=O) groups excluding carboxylic acids is 3. The van der Waals surface area contributed by atoms with Crippen molar-refractivity contribution in [2.45, 2.75) is 58.0 Å². The van der Waals surface area contributed by atoms with Gasteiger partial charge in [0, 0.05) is 37.5 Å². The molecule has 1 aliphatic heterocycles. The zero-order chi connectivity index (χ0) is 26.5. The number of nitrogens with zero attached hydrogens (tertiary/aromatic N) is 1. The number of alkyl carbamates (subject to hydrolysis) is 1. The van der Waals surface area contributed by atoms with Crippen LogP contribution >= 0.6 is 0 Å². The average molecular weight is 505 g/mol. The molecule has 0 bridgehead atoms. The molecule has 3 aliphatic rings. The van der Waals surface area contributed by atoms with Gasteiger partial charge in [-0.2, -0.15) is 0 Å². The highest BCUT2D eigenvalue weighted by Crippen LogP contribution is 2.50. The van der Waals surface area contributed by atoms with Crippen LogP contribution in [0.3, 0.4) is 0 Å². The van der Waals surface area contributed by atoms with Crippen LogP contribution in [-0.4, -0.2) is 54.5 Å². The summed E-state index contributed by atoms with van der Waals surface area (Å²) in [5, 5.41) is 13.2. The summed E-state index contributed by atoms with van der Waals surface area (Å²) in [5.74, 6) is -1.28. The molecule has 1 heterocycles. The van der Waals surface area contributed by atoms with Crippen molar-refractivity contribution in [2.24, 2.45) is 11.3 Å². The van der Waals surface area contributed by atoms with Crippen LogP contribution in [0.4, 0.5) is 10.5 Å². The maximum absolute atomic E-state index is 13.0. The minimum absolute atomic E-state index is 0.00985. The summed E-state index contributed by atoms with van der Waals surface area (Å²) in [6.07, 6.45) is 0.877. The molecule has 0 aromatic heterocycles. The summed E-state index contributed by atoms with van der Waals surface area (Å²) in [6.45, 7) is 4.08. The molecule has 2 aromatic rings. The minimum Gasteiger partial charge on any atom is -0.480 e. The molecule has 2 aromatic carbocycles. The molecule has 1 saturated carbocycles. The van der Waals surface area contributed by atoms with Gasteiger partial charge in [0.25, 0.3) is 0 Å². The molecule has 1 saturated heterocycles.